The first-order chi connectivity index (χ1) is 7.15. The van der Waals surface area contributed by atoms with Gasteiger partial charge in [0.25, 0.3) is 0 Å². The van der Waals surface area contributed by atoms with Gasteiger partial charge in [0.2, 0.25) is 0 Å². The SMILES string of the molecule is C[C@@H](O)c1cc(F)ccc1OCCCO. The minimum Gasteiger partial charge on any atom is -0.493 e. The van der Waals surface area contributed by atoms with Crippen molar-refractivity contribution < 1.29 is 19.3 Å². The number of halogens is 1. The van der Waals surface area contributed by atoms with Crippen molar-refractivity contribution in [2.24, 2.45) is 0 Å². The molecule has 15 heavy (non-hydrogen) atoms. The summed E-state index contributed by atoms with van der Waals surface area (Å²) in [5, 5.41) is 18.0. The van der Waals surface area contributed by atoms with Crippen LogP contribution in [0.15, 0.2) is 18.2 Å². The average Bonchev–Trinajstić information content (AvgIpc) is 2.20. The molecule has 0 aromatic heterocycles. The van der Waals surface area contributed by atoms with E-state index in [1.807, 2.05) is 0 Å². The Morgan fingerprint density at radius 2 is 2.20 bits per heavy atom. The van der Waals surface area contributed by atoms with Crippen molar-refractivity contribution in [1.82, 2.24) is 0 Å². The number of rotatable bonds is 5. The molecule has 0 aliphatic carbocycles. The van der Waals surface area contributed by atoms with Gasteiger partial charge in [-0.1, -0.05) is 0 Å². The van der Waals surface area contributed by atoms with E-state index in [2.05, 4.69) is 0 Å². The molecule has 2 N–H and O–H groups in total. The molecule has 1 aromatic carbocycles. The van der Waals surface area contributed by atoms with E-state index < -0.39 is 11.9 Å². The van der Waals surface area contributed by atoms with Crippen molar-refractivity contribution in [3.8, 4) is 5.75 Å². The summed E-state index contributed by atoms with van der Waals surface area (Å²) < 4.78 is 18.2. The van der Waals surface area contributed by atoms with Gasteiger partial charge in [-0.15, -0.1) is 0 Å². The molecule has 0 fully saturated rings. The third kappa shape index (κ3) is 3.49. The van der Waals surface area contributed by atoms with Gasteiger partial charge in [-0.3, -0.25) is 0 Å². The van der Waals surface area contributed by atoms with Gasteiger partial charge in [-0.25, -0.2) is 4.39 Å². The highest BCUT2D eigenvalue weighted by atomic mass is 19.1. The summed E-state index contributed by atoms with van der Waals surface area (Å²) >= 11 is 0. The summed E-state index contributed by atoms with van der Waals surface area (Å²) in [5.41, 5.74) is 0.424. The smallest absolute Gasteiger partial charge is 0.125 e. The quantitative estimate of drug-likeness (QED) is 0.732. The minimum absolute atomic E-state index is 0.0468. The van der Waals surface area contributed by atoms with Crippen LogP contribution in [0.25, 0.3) is 0 Å². The fraction of sp³-hybridized carbons (Fsp3) is 0.455. The van der Waals surface area contributed by atoms with Crippen molar-refractivity contribution in [1.29, 1.82) is 0 Å². The molecule has 0 aliphatic heterocycles. The average molecular weight is 214 g/mol. The molecule has 0 spiro atoms. The van der Waals surface area contributed by atoms with Crippen molar-refractivity contribution in [3.63, 3.8) is 0 Å². The first-order valence-corrected chi connectivity index (χ1v) is 4.86. The van der Waals surface area contributed by atoms with Crippen LogP contribution >= 0.6 is 0 Å². The molecule has 84 valence electrons. The zero-order chi connectivity index (χ0) is 11.3. The van der Waals surface area contributed by atoms with Crippen LogP contribution in [0.2, 0.25) is 0 Å². The molecule has 1 atom stereocenters. The topological polar surface area (TPSA) is 49.7 Å². The summed E-state index contributed by atoms with van der Waals surface area (Å²) in [7, 11) is 0. The lowest BCUT2D eigenvalue weighted by Crippen LogP contribution is -2.04. The minimum atomic E-state index is -0.773. The lowest BCUT2D eigenvalue weighted by Gasteiger charge is -2.13. The summed E-state index contributed by atoms with van der Waals surface area (Å²) in [6.07, 6.45) is -0.263. The number of aliphatic hydroxyl groups excluding tert-OH is 2. The molecule has 0 heterocycles. The van der Waals surface area contributed by atoms with Crippen LogP contribution in [0.1, 0.15) is 25.0 Å². The van der Waals surface area contributed by atoms with E-state index in [9.17, 15) is 9.50 Å². The predicted octanol–water partition coefficient (Wildman–Crippen LogP) is 1.64. The molecule has 0 radical (unpaired) electrons. The fourth-order valence-corrected chi connectivity index (χ4v) is 1.22. The lowest BCUT2D eigenvalue weighted by atomic mass is 10.1. The maximum atomic E-state index is 12.9. The number of hydrogen-bond acceptors (Lipinski definition) is 3. The van der Waals surface area contributed by atoms with Gasteiger partial charge >= 0.3 is 0 Å². The highest BCUT2D eigenvalue weighted by Gasteiger charge is 2.10. The van der Waals surface area contributed by atoms with Crippen LogP contribution in [-0.2, 0) is 0 Å². The zero-order valence-electron chi connectivity index (χ0n) is 8.61. The maximum absolute atomic E-state index is 12.9. The van der Waals surface area contributed by atoms with E-state index in [1.54, 1.807) is 6.92 Å². The van der Waals surface area contributed by atoms with Gasteiger partial charge in [-0.05, 0) is 25.1 Å². The maximum Gasteiger partial charge on any atom is 0.125 e. The largest absolute Gasteiger partial charge is 0.493 e. The highest BCUT2D eigenvalue weighted by Crippen LogP contribution is 2.25. The Bertz CT molecular complexity index is 313. The fourth-order valence-electron chi connectivity index (χ4n) is 1.22. The van der Waals surface area contributed by atoms with Crippen LogP contribution in [0, 0.1) is 5.82 Å². The third-order valence-electron chi connectivity index (χ3n) is 1.98. The molecule has 0 aliphatic rings. The van der Waals surface area contributed by atoms with E-state index >= 15 is 0 Å². The molecule has 0 bridgehead atoms. The van der Waals surface area contributed by atoms with Crippen molar-refractivity contribution in [3.05, 3.63) is 29.6 Å². The molecule has 1 aromatic rings. The van der Waals surface area contributed by atoms with Crippen LogP contribution in [0.3, 0.4) is 0 Å². The van der Waals surface area contributed by atoms with Crippen LogP contribution in [0.4, 0.5) is 4.39 Å². The van der Waals surface area contributed by atoms with E-state index in [-0.39, 0.29) is 6.61 Å². The van der Waals surface area contributed by atoms with Crippen molar-refractivity contribution in [2.45, 2.75) is 19.4 Å². The molecule has 1 rings (SSSR count). The molecule has 0 unspecified atom stereocenters. The normalized spacial score (nSPS) is 12.5. The first-order valence-electron chi connectivity index (χ1n) is 4.86. The van der Waals surface area contributed by atoms with Crippen LogP contribution in [-0.4, -0.2) is 23.4 Å². The lowest BCUT2D eigenvalue weighted by molar-refractivity contribution is 0.187. The Morgan fingerprint density at radius 3 is 2.80 bits per heavy atom. The van der Waals surface area contributed by atoms with Crippen LogP contribution < -0.4 is 4.74 Å². The summed E-state index contributed by atoms with van der Waals surface area (Å²) in [5.74, 6) is 0.0558. The van der Waals surface area contributed by atoms with Gasteiger partial charge < -0.3 is 14.9 Å². The van der Waals surface area contributed by atoms with E-state index in [1.165, 1.54) is 18.2 Å². The van der Waals surface area contributed by atoms with E-state index in [4.69, 9.17) is 9.84 Å². The zero-order valence-corrected chi connectivity index (χ0v) is 8.61. The summed E-state index contributed by atoms with van der Waals surface area (Å²) in [4.78, 5) is 0. The number of benzene rings is 1. The molecular formula is C11H15FO3. The Balaban J connectivity index is 2.77. The molecule has 0 saturated carbocycles. The second-order valence-electron chi connectivity index (χ2n) is 3.28. The predicted molar refractivity (Wildman–Crippen MR) is 54.2 cm³/mol. The Hall–Kier alpha value is -1.13. The second-order valence-corrected chi connectivity index (χ2v) is 3.28. The molecule has 0 saturated heterocycles. The number of aliphatic hydroxyl groups is 2. The highest BCUT2D eigenvalue weighted by molar-refractivity contribution is 5.35. The van der Waals surface area contributed by atoms with E-state index in [0.717, 1.165) is 0 Å². The second kappa shape index (κ2) is 5.68. The molecular weight excluding hydrogens is 199 g/mol. The standard InChI is InChI=1S/C11H15FO3/c1-8(14)10-7-9(12)3-4-11(10)15-6-2-5-13/h3-4,7-8,13-14H,2,5-6H2,1H3/t8-/m1/s1. The first kappa shape index (κ1) is 11.9. The molecule has 0 amide bonds. The van der Waals surface area contributed by atoms with Gasteiger partial charge in [0.15, 0.2) is 0 Å². The van der Waals surface area contributed by atoms with Crippen molar-refractivity contribution in [2.75, 3.05) is 13.2 Å². The monoisotopic (exact) mass is 214 g/mol. The van der Waals surface area contributed by atoms with E-state index in [0.29, 0.717) is 24.3 Å². The van der Waals surface area contributed by atoms with Gasteiger partial charge in [0, 0.05) is 18.6 Å². The number of hydrogen-bond donors (Lipinski definition) is 2. The van der Waals surface area contributed by atoms with Gasteiger partial charge in [0.05, 0.1) is 12.7 Å². The molecule has 4 heteroatoms. The summed E-state index contributed by atoms with van der Waals surface area (Å²) in [6, 6.07) is 4.01. The van der Waals surface area contributed by atoms with Crippen molar-refractivity contribution >= 4 is 0 Å². The third-order valence-corrected chi connectivity index (χ3v) is 1.98. The Morgan fingerprint density at radius 1 is 1.47 bits per heavy atom. The van der Waals surface area contributed by atoms with Gasteiger partial charge in [0.1, 0.15) is 11.6 Å². The summed E-state index contributed by atoms with van der Waals surface area (Å²) in [6.45, 7) is 1.95. The molecule has 3 nitrogen and oxygen atoms in total. The van der Waals surface area contributed by atoms with Crippen LogP contribution in [0.5, 0.6) is 5.75 Å². The van der Waals surface area contributed by atoms with Gasteiger partial charge in [-0.2, -0.15) is 0 Å². The Kier molecular flexibility index (Phi) is 4.52. The number of ether oxygens (including phenoxy) is 1. The Labute approximate surface area is 88.1 Å².